The number of hydrogen-bond acceptors (Lipinski definition) is 3. The molecule has 0 aromatic carbocycles. The third kappa shape index (κ3) is 2.41. The Balaban J connectivity index is 1.96. The molecule has 1 aliphatic rings. The Hall–Kier alpha value is -0.800. The van der Waals surface area contributed by atoms with E-state index in [0.29, 0.717) is 11.8 Å². The molecule has 3 N–H and O–H groups in total. The number of nitrogens with two attached hydrogens (primary N) is 1. The molecule has 1 aliphatic heterocycles. The zero-order valence-corrected chi connectivity index (χ0v) is 9.28. The Bertz CT molecular complexity index is 284. The fourth-order valence-electron chi connectivity index (χ4n) is 2.42. The van der Waals surface area contributed by atoms with Gasteiger partial charge in [-0.05, 0) is 43.9 Å². The first-order valence-electron chi connectivity index (χ1n) is 5.83. The van der Waals surface area contributed by atoms with Crippen molar-refractivity contribution in [3.8, 4) is 0 Å². The lowest BCUT2D eigenvalue weighted by Crippen LogP contribution is -2.36. The quantitative estimate of drug-likeness (QED) is 0.796. The molecule has 0 radical (unpaired) electrons. The zero-order valence-electron chi connectivity index (χ0n) is 9.28. The van der Waals surface area contributed by atoms with Crippen LogP contribution in [0.15, 0.2) is 22.8 Å². The standard InChI is InChI=1S/C12H20N2O/c1-2-9(11-4-3-7-15-11)8-10-5-6-14-12(10)13/h3-4,7,9-10,12,14H,2,5-6,8,13H2,1H3. The Morgan fingerprint density at radius 2 is 2.53 bits per heavy atom. The van der Waals surface area contributed by atoms with Gasteiger partial charge >= 0.3 is 0 Å². The minimum Gasteiger partial charge on any atom is -0.469 e. The maximum Gasteiger partial charge on any atom is 0.106 e. The van der Waals surface area contributed by atoms with Gasteiger partial charge in [0, 0.05) is 5.92 Å². The molecule has 0 amide bonds. The van der Waals surface area contributed by atoms with Crippen LogP contribution in [0, 0.1) is 5.92 Å². The van der Waals surface area contributed by atoms with Gasteiger partial charge in [-0.1, -0.05) is 6.92 Å². The average molecular weight is 208 g/mol. The van der Waals surface area contributed by atoms with Crippen LogP contribution in [-0.2, 0) is 0 Å². The van der Waals surface area contributed by atoms with E-state index in [1.54, 1.807) is 6.26 Å². The van der Waals surface area contributed by atoms with Crippen LogP contribution in [0.4, 0.5) is 0 Å². The SMILES string of the molecule is CCC(CC1CCNC1N)c1ccco1. The largest absolute Gasteiger partial charge is 0.469 e. The van der Waals surface area contributed by atoms with E-state index >= 15 is 0 Å². The van der Waals surface area contributed by atoms with Crippen LogP contribution in [0.3, 0.4) is 0 Å². The van der Waals surface area contributed by atoms with Gasteiger partial charge in [0.1, 0.15) is 5.76 Å². The summed E-state index contributed by atoms with van der Waals surface area (Å²) in [6.07, 6.45) is 5.38. The van der Waals surface area contributed by atoms with E-state index < -0.39 is 0 Å². The molecule has 2 heterocycles. The van der Waals surface area contributed by atoms with Gasteiger partial charge in [0.25, 0.3) is 0 Å². The monoisotopic (exact) mass is 208 g/mol. The van der Waals surface area contributed by atoms with Gasteiger partial charge in [-0.15, -0.1) is 0 Å². The van der Waals surface area contributed by atoms with Crippen molar-refractivity contribution in [2.45, 2.75) is 38.3 Å². The molecule has 2 rings (SSSR count). The second-order valence-corrected chi connectivity index (χ2v) is 4.38. The second kappa shape index (κ2) is 4.81. The molecule has 3 nitrogen and oxygen atoms in total. The normalized spacial score (nSPS) is 28.1. The van der Waals surface area contributed by atoms with Crippen LogP contribution in [0.2, 0.25) is 0 Å². The third-order valence-electron chi connectivity index (χ3n) is 3.43. The summed E-state index contributed by atoms with van der Waals surface area (Å²) in [6, 6.07) is 4.03. The summed E-state index contributed by atoms with van der Waals surface area (Å²) in [5.41, 5.74) is 5.99. The molecule has 0 spiro atoms. The van der Waals surface area contributed by atoms with E-state index in [1.165, 1.54) is 6.42 Å². The topological polar surface area (TPSA) is 51.2 Å². The van der Waals surface area contributed by atoms with Crippen LogP contribution in [-0.4, -0.2) is 12.7 Å². The van der Waals surface area contributed by atoms with Gasteiger partial charge in [0.15, 0.2) is 0 Å². The molecule has 3 unspecified atom stereocenters. The van der Waals surface area contributed by atoms with E-state index in [0.717, 1.165) is 25.1 Å². The lowest BCUT2D eigenvalue weighted by atomic mass is 9.89. The maximum atomic E-state index is 5.99. The lowest BCUT2D eigenvalue weighted by Gasteiger charge is -2.20. The van der Waals surface area contributed by atoms with Crippen molar-refractivity contribution in [1.29, 1.82) is 0 Å². The fourth-order valence-corrected chi connectivity index (χ4v) is 2.42. The Kier molecular flexibility index (Phi) is 3.44. The van der Waals surface area contributed by atoms with Crippen molar-refractivity contribution >= 4 is 0 Å². The molecule has 3 atom stereocenters. The Morgan fingerprint density at radius 3 is 3.07 bits per heavy atom. The van der Waals surface area contributed by atoms with Gasteiger partial charge in [0.05, 0.1) is 12.4 Å². The highest BCUT2D eigenvalue weighted by atomic mass is 16.3. The van der Waals surface area contributed by atoms with Crippen LogP contribution in [0.5, 0.6) is 0 Å². The van der Waals surface area contributed by atoms with Crippen molar-refractivity contribution in [2.24, 2.45) is 11.7 Å². The molecular formula is C12H20N2O. The van der Waals surface area contributed by atoms with E-state index in [2.05, 4.69) is 18.3 Å². The number of hydrogen-bond donors (Lipinski definition) is 2. The first-order valence-corrected chi connectivity index (χ1v) is 5.83. The van der Waals surface area contributed by atoms with Gasteiger partial charge < -0.3 is 15.5 Å². The molecule has 0 aliphatic carbocycles. The zero-order chi connectivity index (χ0) is 10.7. The molecule has 0 saturated carbocycles. The first-order chi connectivity index (χ1) is 7.31. The second-order valence-electron chi connectivity index (χ2n) is 4.38. The van der Waals surface area contributed by atoms with Crippen molar-refractivity contribution in [1.82, 2.24) is 5.32 Å². The average Bonchev–Trinajstić information content (AvgIpc) is 2.86. The van der Waals surface area contributed by atoms with Crippen molar-refractivity contribution in [3.63, 3.8) is 0 Å². The maximum absolute atomic E-state index is 5.99. The molecule has 1 aromatic heterocycles. The summed E-state index contributed by atoms with van der Waals surface area (Å²) >= 11 is 0. The molecule has 3 heteroatoms. The summed E-state index contributed by atoms with van der Waals surface area (Å²) in [4.78, 5) is 0. The predicted octanol–water partition coefficient (Wildman–Crippen LogP) is 2.06. The number of rotatable bonds is 4. The van der Waals surface area contributed by atoms with Crippen molar-refractivity contribution in [3.05, 3.63) is 24.2 Å². The highest BCUT2D eigenvalue weighted by molar-refractivity contribution is 5.05. The van der Waals surface area contributed by atoms with Crippen molar-refractivity contribution < 1.29 is 4.42 Å². The van der Waals surface area contributed by atoms with Crippen molar-refractivity contribution in [2.75, 3.05) is 6.54 Å². The molecular weight excluding hydrogens is 188 g/mol. The molecule has 84 valence electrons. The predicted molar refractivity (Wildman–Crippen MR) is 60.4 cm³/mol. The van der Waals surface area contributed by atoms with Gasteiger partial charge in [-0.2, -0.15) is 0 Å². The molecule has 0 bridgehead atoms. The summed E-state index contributed by atoms with van der Waals surface area (Å²) in [6.45, 7) is 3.27. The van der Waals surface area contributed by atoms with Gasteiger partial charge in [-0.25, -0.2) is 0 Å². The number of nitrogens with one attached hydrogen (secondary N) is 1. The molecule has 1 saturated heterocycles. The van der Waals surface area contributed by atoms with Gasteiger partial charge in [0.2, 0.25) is 0 Å². The Labute approximate surface area is 91.0 Å². The van der Waals surface area contributed by atoms with E-state index in [-0.39, 0.29) is 6.17 Å². The van der Waals surface area contributed by atoms with E-state index in [1.807, 2.05) is 6.07 Å². The third-order valence-corrected chi connectivity index (χ3v) is 3.43. The van der Waals surface area contributed by atoms with Crippen LogP contribution in [0.1, 0.15) is 37.9 Å². The van der Waals surface area contributed by atoms with Crippen LogP contribution >= 0.6 is 0 Å². The summed E-state index contributed by atoms with van der Waals surface area (Å²) in [5.74, 6) is 2.23. The minimum absolute atomic E-state index is 0.175. The molecule has 15 heavy (non-hydrogen) atoms. The minimum atomic E-state index is 0.175. The van der Waals surface area contributed by atoms with Crippen LogP contribution < -0.4 is 11.1 Å². The van der Waals surface area contributed by atoms with E-state index in [4.69, 9.17) is 10.2 Å². The highest BCUT2D eigenvalue weighted by Crippen LogP contribution is 2.30. The smallest absolute Gasteiger partial charge is 0.106 e. The van der Waals surface area contributed by atoms with E-state index in [9.17, 15) is 0 Å². The summed E-state index contributed by atoms with van der Waals surface area (Å²) in [5, 5.41) is 3.29. The lowest BCUT2D eigenvalue weighted by molar-refractivity contribution is 0.351. The summed E-state index contributed by atoms with van der Waals surface area (Å²) < 4.78 is 5.47. The summed E-state index contributed by atoms with van der Waals surface area (Å²) in [7, 11) is 0. The highest BCUT2D eigenvalue weighted by Gasteiger charge is 2.27. The first kappa shape index (κ1) is 10.7. The molecule has 1 aromatic rings. The number of furan rings is 1. The molecule has 1 fully saturated rings. The Morgan fingerprint density at radius 1 is 1.67 bits per heavy atom. The van der Waals surface area contributed by atoms with Crippen LogP contribution in [0.25, 0.3) is 0 Å². The fraction of sp³-hybridized carbons (Fsp3) is 0.667. The van der Waals surface area contributed by atoms with Gasteiger partial charge in [-0.3, -0.25) is 0 Å².